The molecule has 0 aliphatic heterocycles. The highest BCUT2D eigenvalue weighted by Gasteiger charge is 2.35. The Morgan fingerprint density at radius 1 is 0.889 bits per heavy atom. The smallest absolute Gasteiger partial charge is 0.0159 e. The van der Waals surface area contributed by atoms with Crippen LogP contribution in [0.2, 0.25) is 0 Å². The Kier molecular flexibility index (Phi) is 3.87. The maximum atomic E-state index is 2.45. The molecular weight excluding hydrogens is 439 g/mol. The molecule has 1 atom stereocenters. The van der Waals surface area contributed by atoms with E-state index in [0.717, 1.165) is 6.42 Å². The van der Waals surface area contributed by atoms with Crippen molar-refractivity contribution in [1.29, 1.82) is 0 Å². The van der Waals surface area contributed by atoms with Crippen LogP contribution >= 0.6 is 22.6 Å². The van der Waals surface area contributed by atoms with Crippen LogP contribution in [0.4, 0.5) is 0 Å². The van der Waals surface area contributed by atoms with E-state index in [1.807, 2.05) is 0 Å². The van der Waals surface area contributed by atoms with E-state index in [4.69, 9.17) is 0 Å². The average Bonchev–Trinajstić information content (AvgIpc) is 2.88. The van der Waals surface area contributed by atoms with Crippen LogP contribution in [-0.4, -0.2) is 0 Å². The van der Waals surface area contributed by atoms with Crippen LogP contribution in [-0.2, 0) is 5.41 Å². The summed E-state index contributed by atoms with van der Waals surface area (Å²) in [5, 5.41) is 0. The molecule has 0 radical (unpaired) electrons. The second kappa shape index (κ2) is 6.07. The van der Waals surface area contributed by atoms with Gasteiger partial charge in [-0.15, -0.1) is 0 Å². The summed E-state index contributed by atoms with van der Waals surface area (Å²) in [7, 11) is 0. The van der Waals surface area contributed by atoms with Crippen LogP contribution in [0.25, 0.3) is 22.8 Å². The van der Waals surface area contributed by atoms with Crippen molar-refractivity contribution in [2.24, 2.45) is 0 Å². The topological polar surface area (TPSA) is 0 Å². The number of fused-ring (bicyclic) bond motifs is 4. The highest BCUT2D eigenvalue weighted by atomic mass is 127. The summed E-state index contributed by atoms with van der Waals surface area (Å²) in [5.74, 6) is 0.571. The van der Waals surface area contributed by atoms with Gasteiger partial charge in [0.15, 0.2) is 0 Å². The summed E-state index contributed by atoms with van der Waals surface area (Å²) in [6, 6.07) is 22.8. The van der Waals surface area contributed by atoms with E-state index in [1.165, 1.54) is 48.1 Å². The largest absolute Gasteiger partial charge is 0.0619 e. The van der Waals surface area contributed by atoms with Crippen molar-refractivity contribution in [2.75, 3.05) is 0 Å². The number of rotatable bonds is 1. The number of hydrogen-bond acceptors (Lipinski definition) is 0. The van der Waals surface area contributed by atoms with E-state index in [1.54, 1.807) is 0 Å². The third-order valence-electron chi connectivity index (χ3n) is 6.39. The van der Waals surface area contributed by atoms with Crippen LogP contribution in [0, 0.1) is 3.57 Å². The molecule has 3 aromatic carbocycles. The molecule has 0 heterocycles. The third kappa shape index (κ3) is 2.62. The molecule has 27 heavy (non-hydrogen) atoms. The zero-order chi connectivity index (χ0) is 18.8. The summed E-state index contributed by atoms with van der Waals surface area (Å²) in [6.45, 7) is 7.08. The summed E-state index contributed by atoms with van der Waals surface area (Å²) in [4.78, 5) is 0. The number of halogens is 1. The maximum Gasteiger partial charge on any atom is 0.0159 e. The normalized spacial score (nSPS) is 19.1. The number of benzene rings is 3. The van der Waals surface area contributed by atoms with E-state index >= 15 is 0 Å². The van der Waals surface area contributed by atoms with Gasteiger partial charge in [0.2, 0.25) is 0 Å². The van der Waals surface area contributed by atoms with Crippen LogP contribution < -0.4 is 0 Å². The first-order chi connectivity index (χ1) is 12.9. The number of hydrogen-bond donors (Lipinski definition) is 0. The maximum absolute atomic E-state index is 2.45. The van der Waals surface area contributed by atoms with Crippen LogP contribution in [0.15, 0.2) is 60.7 Å². The van der Waals surface area contributed by atoms with Crippen molar-refractivity contribution < 1.29 is 0 Å². The van der Waals surface area contributed by atoms with Crippen LogP contribution in [0.3, 0.4) is 0 Å². The molecule has 0 spiro atoms. The summed E-state index contributed by atoms with van der Waals surface area (Å²) in [6.07, 6.45) is 3.51. The molecule has 2 aliphatic rings. The molecule has 0 amide bonds. The van der Waals surface area contributed by atoms with Gasteiger partial charge in [0.25, 0.3) is 0 Å². The van der Waals surface area contributed by atoms with Gasteiger partial charge in [0, 0.05) is 8.99 Å². The van der Waals surface area contributed by atoms with E-state index in [9.17, 15) is 0 Å². The summed E-state index contributed by atoms with van der Waals surface area (Å²) in [5.41, 5.74) is 11.5. The number of allylic oxidation sites excluding steroid dienone is 1. The summed E-state index contributed by atoms with van der Waals surface area (Å²) >= 11 is 2.42. The highest BCUT2D eigenvalue weighted by molar-refractivity contribution is 14.1. The third-order valence-corrected chi connectivity index (χ3v) is 7.06. The van der Waals surface area contributed by atoms with E-state index < -0.39 is 0 Å². The molecule has 1 unspecified atom stereocenters. The summed E-state index contributed by atoms with van der Waals surface area (Å²) < 4.78 is 1.31. The second-order valence-corrected chi connectivity index (χ2v) is 9.72. The molecule has 0 saturated carbocycles. The standard InChI is InChI=1S/C26H23I/c1-16-12-19(13-18-6-4-5-7-21(16)18)17-8-10-22-23-11-9-20(27)15-25(23)26(2,3)24(22)14-17/h4-11,13-16H,12H2,1-3H3. The Balaban J connectivity index is 1.64. The Bertz CT molecular complexity index is 1100. The molecule has 3 aromatic rings. The minimum Gasteiger partial charge on any atom is -0.0619 e. The molecule has 0 bridgehead atoms. The zero-order valence-corrected chi connectivity index (χ0v) is 18.2. The van der Waals surface area contributed by atoms with Gasteiger partial charge in [-0.2, -0.15) is 0 Å². The van der Waals surface area contributed by atoms with Gasteiger partial charge in [-0.1, -0.05) is 69.3 Å². The Morgan fingerprint density at radius 2 is 1.59 bits per heavy atom. The molecule has 0 nitrogen and oxygen atoms in total. The first-order valence-electron chi connectivity index (χ1n) is 9.70. The first kappa shape index (κ1) is 17.2. The van der Waals surface area contributed by atoms with Crippen molar-refractivity contribution in [3.63, 3.8) is 0 Å². The van der Waals surface area contributed by atoms with Crippen molar-refractivity contribution in [3.05, 3.63) is 92.1 Å². The van der Waals surface area contributed by atoms with E-state index in [0.29, 0.717) is 5.92 Å². The van der Waals surface area contributed by atoms with Crippen molar-refractivity contribution in [2.45, 2.75) is 38.5 Å². The minimum absolute atomic E-state index is 0.0562. The lowest BCUT2D eigenvalue weighted by Crippen LogP contribution is -2.15. The van der Waals surface area contributed by atoms with Gasteiger partial charge in [0.05, 0.1) is 0 Å². The highest BCUT2D eigenvalue weighted by Crippen LogP contribution is 2.50. The average molecular weight is 462 g/mol. The fourth-order valence-corrected chi connectivity index (χ4v) is 5.38. The SMILES string of the molecule is CC1CC(c2ccc3c(c2)C(C)(C)c2cc(I)ccc2-3)=Cc2ccccc21. The van der Waals surface area contributed by atoms with Crippen LogP contribution in [0.1, 0.15) is 60.9 Å². The monoisotopic (exact) mass is 462 g/mol. The van der Waals surface area contributed by atoms with Crippen LogP contribution in [0.5, 0.6) is 0 Å². The lowest BCUT2D eigenvalue weighted by atomic mass is 9.79. The Labute approximate surface area is 175 Å². The minimum atomic E-state index is 0.0562. The van der Waals surface area contributed by atoms with Crippen molar-refractivity contribution >= 4 is 34.2 Å². The van der Waals surface area contributed by atoms with E-state index in [-0.39, 0.29) is 5.41 Å². The molecule has 0 N–H and O–H groups in total. The van der Waals surface area contributed by atoms with Gasteiger partial charge in [-0.3, -0.25) is 0 Å². The zero-order valence-electron chi connectivity index (χ0n) is 16.0. The second-order valence-electron chi connectivity index (χ2n) is 8.48. The van der Waals surface area contributed by atoms with Crippen molar-refractivity contribution in [1.82, 2.24) is 0 Å². The Hall–Kier alpha value is -1.87. The molecule has 134 valence electrons. The first-order valence-corrected chi connectivity index (χ1v) is 10.8. The van der Waals surface area contributed by atoms with Gasteiger partial charge in [-0.05, 0) is 97.6 Å². The van der Waals surface area contributed by atoms with E-state index in [2.05, 4.69) is 110 Å². The predicted octanol–water partition coefficient (Wildman–Crippen LogP) is 7.65. The molecule has 0 aromatic heterocycles. The molecule has 0 fully saturated rings. The molecule has 5 rings (SSSR count). The fourth-order valence-electron chi connectivity index (χ4n) is 4.89. The molecule has 0 saturated heterocycles. The van der Waals surface area contributed by atoms with Gasteiger partial charge in [0.1, 0.15) is 0 Å². The molecule has 1 heteroatoms. The predicted molar refractivity (Wildman–Crippen MR) is 124 cm³/mol. The quantitative estimate of drug-likeness (QED) is 0.326. The fraction of sp³-hybridized carbons (Fsp3) is 0.231. The van der Waals surface area contributed by atoms with Gasteiger partial charge < -0.3 is 0 Å². The lowest BCUT2D eigenvalue weighted by molar-refractivity contribution is 0.659. The molecular formula is C26H23I. The lowest BCUT2D eigenvalue weighted by Gasteiger charge is -2.25. The van der Waals surface area contributed by atoms with Gasteiger partial charge in [-0.25, -0.2) is 0 Å². The van der Waals surface area contributed by atoms with Gasteiger partial charge >= 0.3 is 0 Å². The van der Waals surface area contributed by atoms with Crippen molar-refractivity contribution in [3.8, 4) is 11.1 Å². The molecule has 2 aliphatic carbocycles. The Morgan fingerprint density at radius 3 is 2.41 bits per heavy atom.